The molecular formula is C16H15FN4OS2. The second kappa shape index (κ2) is 8.07. The van der Waals surface area contributed by atoms with E-state index < -0.39 is 0 Å². The fourth-order valence-corrected chi connectivity index (χ4v) is 3.56. The van der Waals surface area contributed by atoms with Crippen molar-refractivity contribution in [3.63, 3.8) is 0 Å². The van der Waals surface area contributed by atoms with Crippen LogP contribution in [0.25, 0.3) is 5.69 Å². The predicted octanol–water partition coefficient (Wildman–Crippen LogP) is 2.92. The molecule has 0 spiro atoms. The molecule has 0 bridgehead atoms. The van der Waals surface area contributed by atoms with Crippen molar-refractivity contribution < 1.29 is 9.18 Å². The zero-order chi connectivity index (χ0) is 16.8. The van der Waals surface area contributed by atoms with E-state index >= 15 is 0 Å². The molecule has 2 heterocycles. The Balaban J connectivity index is 1.53. The smallest absolute Gasteiger partial charge is 0.230 e. The van der Waals surface area contributed by atoms with E-state index in [9.17, 15) is 9.18 Å². The van der Waals surface area contributed by atoms with Gasteiger partial charge in [0.2, 0.25) is 5.91 Å². The maximum atomic E-state index is 13.9. The van der Waals surface area contributed by atoms with Crippen molar-refractivity contribution in [1.82, 2.24) is 20.1 Å². The first-order chi connectivity index (χ1) is 11.7. The Hall–Kier alpha value is -2.19. The highest BCUT2D eigenvalue weighted by Crippen LogP contribution is 2.21. The summed E-state index contributed by atoms with van der Waals surface area (Å²) in [6, 6.07) is 10.4. The average molecular weight is 362 g/mol. The lowest BCUT2D eigenvalue weighted by atomic mass is 10.3. The monoisotopic (exact) mass is 362 g/mol. The summed E-state index contributed by atoms with van der Waals surface area (Å²) >= 11 is 2.90. The molecule has 5 nitrogen and oxygen atoms in total. The first-order valence-corrected chi connectivity index (χ1v) is 9.17. The molecule has 0 radical (unpaired) electrons. The summed E-state index contributed by atoms with van der Waals surface area (Å²) in [7, 11) is 0. The van der Waals surface area contributed by atoms with Crippen molar-refractivity contribution in [2.75, 3.05) is 12.3 Å². The van der Waals surface area contributed by atoms with Crippen LogP contribution in [0.2, 0.25) is 0 Å². The summed E-state index contributed by atoms with van der Waals surface area (Å²) in [6.07, 6.45) is 2.26. The summed E-state index contributed by atoms with van der Waals surface area (Å²) < 4.78 is 15.4. The van der Waals surface area contributed by atoms with Gasteiger partial charge in [0.25, 0.3) is 0 Å². The fourth-order valence-electron chi connectivity index (χ4n) is 2.10. The van der Waals surface area contributed by atoms with Crippen LogP contribution in [0.5, 0.6) is 0 Å². The Kier molecular flexibility index (Phi) is 5.60. The van der Waals surface area contributed by atoms with Gasteiger partial charge in [-0.1, -0.05) is 30.0 Å². The molecule has 0 aliphatic rings. The predicted molar refractivity (Wildman–Crippen MR) is 93.1 cm³/mol. The van der Waals surface area contributed by atoms with E-state index in [2.05, 4.69) is 15.5 Å². The number of aromatic nitrogens is 3. The molecule has 0 aliphatic carbocycles. The number of amides is 1. The third kappa shape index (κ3) is 4.21. The Morgan fingerprint density at radius 2 is 2.17 bits per heavy atom. The maximum Gasteiger partial charge on any atom is 0.230 e. The van der Waals surface area contributed by atoms with Crippen LogP contribution < -0.4 is 5.32 Å². The lowest BCUT2D eigenvalue weighted by Crippen LogP contribution is -2.27. The number of carbonyl (C=O) groups excluding carboxylic acids is 1. The fraction of sp³-hybridized carbons (Fsp3) is 0.188. The summed E-state index contributed by atoms with van der Waals surface area (Å²) in [6.45, 7) is 0.597. The van der Waals surface area contributed by atoms with Crippen molar-refractivity contribution >= 4 is 29.0 Å². The molecular weight excluding hydrogens is 347 g/mol. The van der Waals surface area contributed by atoms with E-state index in [1.807, 2.05) is 17.5 Å². The van der Waals surface area contributed by atoms with Crippen LogP contribution in [-0.2, 0) is 11.2 Å². The molecule has 3 rings (SSSR count). The van der Waals surface area contributed by atoms with Crippen molar-refractivity contribution in [3.05, 3.63) is 58.8 Å². The van der Waals surface area contributed by atoms with Gasteiger partial charge in [-0.05, 0) is 30.0 Å². The molecule has 1 N–H and O–H groups in total. The summed E-state index contributed by atoms with van der Waals surface area (Å²) in [5.74, 6) is -0.239. The molecule has 0 saturated carbocycles. The number of thiophene rings is 1. The van der Waals surface area contributed by atoms with E-state index in [4.69, 9.17) is 0 Å². The molecule has 8 heteroatoms. The van der Waals surface area contributed by atoms with Gasteiger partial charge in [0.05, 0.1) is 11.4 Å². The largest absolute Gasteiger partial charge is 0.355 e. The standard InChI is InChI=1S/C16H15FN4OS2/c17-13-5-1-2-6-14(13)21-11-19-20-16(21)24-10-15(22)18-8-7-12-4-3-9-23-12/h1-6,9,11H,7-8,10H2,(H,18,22). The van der Waals surface area contributed by atoms with Gasteiger partial charge in [-0.3, -0.25) is 9.36 Å². The van der Waals surface area contributed by atoms with Gasteiger partial charge in [-0.2, -0.15) is 0 Å². The highest BCUT2D eigenvalue weighted by Gasteiger charge is 2.12. The molecule has 124 valence electrons. The molecule has 2 aromatic heterocycles. The minimum absolute atomic E-state index is 0.0837. The topological polar surface area (TPSA) is 59.8 Å². The van der Waals surface area contributed by atoms with Gasteiger partial charge in [-0.15, -0.1) is 21.5 Å². The zero-order valence-corrected chi connectivity index (χ0v) is 14.3. The van der Waals surface area contributed by atoms with Crippen LogP contribution in [0, 0.1) is 5.82 Å². The second-order valence-electron chi connectivity index (χ2n) is 4.90. The Morgan fingerprint density at radius 3 is 2.96 bits per heavy atom. The average Bonchev–Trinajstić information content (AvgIpc) is 3.25. The minimum Gasteiger partial charge on any atom is -0.355 e. The number of carbonyl (C=O) groups is 1. The van der Waals surface area contributed by atoms with E-state index in [1.165, 1.54) is 29.0 Å². The number of hydrogen-bond donors (Lipinski definition) is 1. The molecule has 1 amide bonds. The Bertz CT molecular complexity index is 804. The molecule has 0 aliphatic heterocycles. The van der Waals surface area contributed by atoms with Crippen LogP contribution >= 0.6 is 23.1 Å². The summed E-state index contributed by atoms with van der Waals surface area (Å²) in [5, 5.41) is 13.1. The molecule has 0 saturated heterocycles. The van der Waals surface area contributed by atoms with Crippen LogP contribution in [0.15, 0.2) is 53.3 Å². The Morgan fingerprint density at radius 1 is 1.29 bits per heavy atom. The number of hydrogen-bond acceptors (Lipinski definition) is 5. The number of nitrogens with one attached hydrogen (secondary N) is 1. The van der Waals surface area contributed by atoms with E-state index in [0.29, 0.717) is 17.4 Å². The van der Waals surface area contributed by atoms with Gasteiger partial charge in [0.1, 0.15) is 12.1 Å². The van der Waals surface area contributed by atoms with Crippen molar-refractivity contribution in [2.24, 2.45) is 0 Å². The maximum absolute atomic E-state index is 13.9. The van der Waals surface area contributed by atoms with E-state index in [-0.39, 0.29) is 17.5 Å². The van der Waals surface area contributed by atoms with Crippen LogP contribution in [0.1, 0.15) is 4.88 Å². The van der Waals surface area contributed by atoms with Crippen molar-refractivity contribution in [3.8, 4) is 5.69 Å². The highest BCUT2D eigenvalue weighted by molar-refractivity contribution is 7.99. The summed E-state index contributed by atoms with van der Waals surface area (Å²) in [4.78, 5) is 13.2. The quantitative estimate of drug-likeness (QED) is 0.657. The van der Waals surface area contributed by atoms with Crippen LogP contribution in [0.3, 0.4) is 0 Å². The molecule has 0 fully saturated rings. The minimum atomic E-state index is -0.362. The first-order valence-electron chi connectivity index (χ1n) is 7.31. The molecule has 24 heavy (non-hydrogen) atoms. The lowest BCUT2D eigenvalue weighted by molar-refractivity contribution is -0.118. The third-order valence-electron chi connectivity index (χ3n) is 3.23. The molecule has 1 aromatic carbocycles. The van der Waals surface area contributed by atoms with E-state index in [1.54, 1.807) is 34.1 Å². The lowest BCUT2D eigenvalue weighted by Gasteiger charge is -2.07. The van der Waals surface area contributed by atoms with Gasteiger partial charge in [-0.25, -0.2) is 4.39 Å². The number of benzene rings is 1. The summed E-state index contributed by atoms with van der Waals surface area (Å²) in [5.41, 5.74) is 0.364. The number of nitrogens with zero attached hydrogens (tertiary/aromatic N) is 3. The van der Waals surface area contributed by atoms with Crippen molar-refractivity contribution in [1.29, 1.82) is 0 Å². The number of thioether (sulfide) groups is 1. The van der Waals surface area contributed by atoms with Gasteiger partial charge >= 0.3 is 0 Å². The molecule has 0 unspecified atom stereocenters. The van der Waals surface area contributed by atoms with Gasteiger partial charge < -0.3 is 5.32 Å². The normalized spacial score (nSPS) is 10.7. The van der Waals surface area contributed by atoms with Crippen molar-refractivity contribution in [2.45, 2.75) is 11.6 Å². The highest BCUT2D eigenvalue weighted by atomic mass is 32.2. The zero-order valence-electron chi connectivity index (χ0n) is 12.7. The number of halogens is 1. The number of para-hydroxylation sites is 1. The van der Waals surface area contributed by atoms with Gasteiger partial charge in [0.15, 0.2) is 5.16 Å². The van der Waals surface area contributed by atoms with Crippen LogP contribution in [0.4, 0.5) is 4.39 Å². The van der Waals surface area contributed by atoms with Crippen LogP contribution in [-0.4, -0.2) is 33.0 Å². The number of rotatable bonds is 7. The third-order valence-corrected chi connectivity index (χ3v) is 5.11. The van der Waals surface area contributed by atoms with E-state index in [0.717, 1.165) is 6.42 Å². The molecule has 3 aromatic rings. The Labute approximate surface area is 146 Å². The molecule has 0 atom stereocenters. The first kappa shape index (κ1) is 16.7. The van der Waals surface area contributed by atoms with Gasteiger partial charge in [0, 0.05) is 11.4 Å². The second-order valence-corrected chi connectivity index (χ2v) is 6.88. The SMILES string of the molecule is O=C(CSc1nncn1-c1ccccc1F)NCCc1cccs1.